The van der Waals surface area contributed by atoms with Crippen molar-refractivity contribution in [2.45, 2.75) is 65.1 Å². The molecule has 0 aromatic rings. The molecule has 0 aromatic carbocycles. The monoisotopic (exact) mass is 484 g/mol. The van der Waals surface area contributed by atoms with Crippen LogP contribution < -0.4 is 5.32 Å². The number of nitrogens with one attached hydrogen (secondary N) is 1. The van der Waals surface area contributed by atoms with Crippen molar-refractivity contribution >= 4 is 23.5 Å². The van der Waals surface area contributed by atoms with Gasteiger partial charge in [-0.2, -0.15) is 0 Å². The largest absolute Gasteiger partial charge is 0.378 e. The number of ether oxygens (including phenoxy) is 4. The summed E-state index contributed by atoms with van der Waals surface area (Å²) in [4.78, 5) is 46.6. The van der Waals surface area contributed by atoms with Crippen molar-refractivity contribution in [1.29, 1.82) is 0 Å². The molecule has 0 saturated carbocycles. The third-order valence-corrected chi connectivity index (χ3v) is 5.13. The molecule has 1 rings (SSSR count). The average Bonchev–Trinajstić information content (AvgIpc) is 3.09. The molecule has 0 bridgehead atoms. The average molecular weight is 485 g/mol. The number of rotatable bonds is 20. The molecule has 34 heavy (non-hydrogen) atoms. The molecule has 0 aliphatic carbocycles. The highest BCUT2D eigenvalue weighted by molar-refractivity contribution is 6.13. The van der Waals surface area contributed by atoms with Crippen LogP contribution in [0.1, 0.15) is 53.4 Å². The predicted octanol–water partition coefficient (Wildman–Crippen LogP) is 1.41. The maximum absolute atomic E-state index is 11.8. The number of nitrogens with zero attached hydrogens (tertiary/aromatic N) is 1. The van der Waals surface area contributed by atoms with Crippen LogP contribution in [0.15, 0.2) is 12.2 Å². The minimum atomic E-state index is -0.392. The van der Waals surface area contributed by atoms with Gasteiger partial charge in [-0.15, -0.1) is 0 Å². The number of imide groups is 1. The number of hydrogen-bond donors (Lipinski definition) is 1. The normalized spacial score (nSPS) is 14.6. The van der Waals surface area contributed by atoms with E-state index in [0.717, 1.165) is 17.7 Å². The summed E-state index contributed by atoms with van der Waals surface area (Å²) in [5.41, 5.74) is -0.329. The van der Waals surface area contributed by atoms with Gasteiger partial charge < -0.3 is 29.1 Å². The van der Waals surface area contributed by atoms with E-state index >= 15 is 0 Å². The summed E-state index contributed by atoms with van der Waals surface area (Å²) in [5.74, 6) is -0.854. The Bertz CT molecular complexity index is 674. The molecular weight excluding hydrogens is 444 g/mol. The number of carbonyl (C=O) groups is 4. The second kappa shape index (κ2) is 16.5. The molecule has 1 aliphatic rings. The van der Waals surface area contributed by atoms with E-state index in [2.05, 4.69) is 5.32 Å². The van der Waals surface area contributed by atoms with Gasteiger partial charge in [-0.1, -0.05) is 0 Å². The van der Waals surface area contributed by atoms with Gasteiger partial charge in [0.05, 0.1) is 44.7 Å². The van der Waals surface area contributed by atoms with Crippen LogP contribution in [-0.2, 0) is 38.1 Å². The smallest absolute Gasteiger partial charge is 0.253 e. The Balaban J connectivity index is 1.92. The number of hydrogen-bond acceptors (Lipinski definition) is 8. The van der Waals surface area contributed by atoms with Crippen LogP contribution in [0.25, 0.3) is 0 Å². The maximum atomic E-state index is 11.8. The molecule has 1 heterocycles. The van der Waals surface area contributed by atoms with E-state index < -0.39 is 11.8 Å². The summed E-state index contributed by atoms with van der Waals surface area (Å²) < 4.78 is 22.5. The molecule has 3 amide bonds. The Kier molecular flexibility index (Phi) is 14.5. The third kappa shape index (κ3) is 14.2. The molecule has 0 aromatic heterocycles. The quantitative estimate of drug-likeness (QED) is 0.203. The Labute approximate surface area is 202 Å². The highest BCUT2D eigenvalue weighted by atomic mass is 16.6. The van der Waals surface area contributed by atoms with Crippen molar-refractivity contribution in [2.75, 3.05) is 52.7 Å². The molecule has 0 spiro atoms. The lowest BCUT2D eigenvalue weighted by Gasteiger charge is -2.26. The van der Waals surface area contributed by atoms with Gasteiger partial charge in [0.25, 0.3) is 11.8 Å². The van der Waals surface area contributed by atoms with Crippen LogP contribution in [-0.4, -0.2) is 92.8 Å². The minimum absolute atomic E-state index is 0.0557. The zero-order valence-electron chi connectivity index (χ0n) is 20.9. The SMILES string of the molecule is CC(=O)CCC(C)OCCC(C)(C)OCCOCCOCCNC(=O)CCN1C(=O)C=CC1=O. The van der Waals surface area contributed by atoms with E-state index in [9.17, 15) is 19.2 Å². The highest BCUT2D eigenvalue weighted by Gasteiger charge is 2.23. The molecule has 10 heteroatoms. The number of Topliss-reactive ketones (excluding diaryl/α,β-unsaturated/α-hetero) is 1. The second-order valence-electron chi connectivity index (χ2n) is 8.77. The molecule has 1 atom stereocenters. The zero-order valence-corrected chi connectivity index (χ0v) is 20.9. The van der Waals surface area contributed by atoms with Gasteiger partial charge in [0.1, 0.15) is 5.78 Å². The minimum Gasteiger partial charge on any atom is -0.378 e. The fraction of sp³-hybridized carbons (Fsp3) is 0.750. The summed E-state index contributed by atoms with van der Waals surface area (Å²) in [6.45, 7) is 10.6. The Morgan fingerprint density at radius 2 is 1.59 bits per heavy atom. The standard InChI is InChI=1S/C24H40N2O8/c1-19(27)5-6-20(2)33-13-10-24(3,4)34-18-17-32-16-15-31-14-11-25-21(28)9-12-26-22(29)7-8-23(26)30/h7-8,20H,5-6,9-18H2,1-4H3,(H,25,28). The zero-order chi connectivity index (χ0) is 25.4. The summed E-state index contributed by atoms with van der Waals surface area (Å²) >= 11 is 0. The molecular formula is C24H40N2O8. The van der Waals surface area contributed by atoms with Crippen LogP contribution in [0.5, 0.6) is 0 Å². The van der Waals surface area contributed by atoms with E-state index in [0.29, 0.717) is 52.6 Å². The van der Waals surface area contributed by atoms with Crippen molar-refractivity contribution < 1.29 is 38.1 Å². The number of ketones is 1. The number of amides is 3. The summed E-state index contributed by atoms with van der Waals surface area (Å²) in [6.07, 6.45) is 4.53. The fourth-order valence-corrected chi connectivity index (χ4v) is 2.98. The van der Waals surface area contributed by atoms with Crippen LogP contribution in [0.3, 0.4) is 0 Å². The van der Waals surface area contributed by atoms with E-state index in [1.54, 1.807) is 6.92 Å². The van der Waals surface area contributed by atoms with Crippen molar-refractivity contribution in [3.63, 3.8) is 0 Å². The van der Waals surface area contributed by atoms with Crippen LogP contribution >= 0.6 is 0 Å². The predicted molar refractivity (Wildman–Crippen MR) is 125 cm³/mol. The topological polar surface area (TPSA) is 120 Å². The lowest BCUT2D eigenvalue weighted by atomic mass is 10.1. The van der Waals surface area contributed by atoms with Crippen LogP contribution in [0, 0.1) is 0 Å². The van der Waals surface area contributed by atoms with E-state index in [-0.39, 0.29) is 36.4 Å². The van der Waals surface area contributed by atoms with Crippen LogP contribution in [0.2, 0.25) is 0 Å². The van der Waals surface area contributed by atoms with Crippen molar-refractivity contribution in [1.82, 2.24) is 10.2 Å². The van der Waals surface area contributed by atoms with Gasteiger partial charge in [-0.25, -0.2) is 0 Å². The van der Waals surface area contributed by atoms with Crippen LogP contribution in [0.4, 0.5) is 0 Å². The second-order valence-corrected chi connectivity index (χ2v) is 8.77. The van der Waals surface area contributed by atoms with E-state index in [4.69, 9.17) is 18.9 Å². The molecule has 0 fully saturated rings. The molecule has 0 saturated heterocycles. The highest BCUT2D eigenvalue weighted by Crippen LogP contribution is 2.15. The van der Waals surface area contributed by atoms with Gasteiger partial charge in [0.2, 0.25) is 5.91 Å². The van der Waals surface area contributed by atoms with Crippen molar-refractivity contribution in [3.05, 3.63) is 12.2 Å². The van der Waals surface area contributed by atoms with Gasteiger partial charge in [0.15, 0.2) is 0 Å². The first-order chi connectivity index (χ1) is 16.1. The molecule has 1 N–H and O–H groups in total. The summed E-state index contributed by atoms with van der Waals surface area (Å²) in [6, 6.07) is 0. The van der Waals surface area contributed by atoms with Gasteiger partial charge >= 0.3 is 0 Å². The maximum Gasteiger partial charge on any atom is 0.253 e. The van der Waals surface area contributed by atoms with Gasteiger partial charge in [0, 0.05) is 44.7 Å². The fourth-order valence-electron chi connectivity index (χ4n) is 2.98. The van der Waals surface area contributed by atoms with Gasteiger partial charge in [-0.3, -0.25) is 19.3 Å². The first-order valence-electron chi connectivity index (χ1n) is 11.8. The molecule has 194 valence electrons. The Morgan fingerprint density at radius 1 is 0.971 bits per heavy atom. The summed E-state index contributed by atoms with van der Waals surface area (Å²) in [7, 11) is 0. The van der Waals surface area contributed by atoms with E-state index in [1.165, 1.54) is 12.2 Å². The third-order valence-electron chi connectivity index (χ3n) is 5.13. The molecule has 0 radical (unpaired) electrons. The van der Waals surface area contributed by atoms with Crippen molar-refractivity contribution in [2.24, 2.45) is 0 Å². The van der Waals surface area contributed by atoms with Gasteiger partial charge in [-0.05, 0) is 40.5 Å². The molecule has 1 unspecified atom stereocenters. The lowest BCUT2D eigenvalue weighted by molar-refractivity contribution is -0.137. The molecule has 10 nitrogen and oxygen atoms in total. The summed E-state index contributed by atoms with van der Waals surface area (Å²) in [5, 5.41) is 2.68. The van der Waals surface area contributed by atoms with Crippen molar-refractivity contribution in [3.8, 4) is 0 Å². The first-order valence-corrected chi connectivity index (χ1v) is 11.8. The number of carbonyl (C=O) groups excluding carboxylic acids is 4. The molecule has 1 aliphatic heterocycles. The Hall–Kier alpha value is -2.14. The first kappa shape index (κ1) is 29.9. The Morgan fingerprint density at radius 3 is 2.24 bits per heavy atom. The van der Waals surface area contributed by atoms with E-state index in [1.807, 2.05) is 20.8 Å². The lowest BCUT2D eigenvalue weighted by Crippen LogP contribution is -2.35.